The van der Waals surface area contributed by atoms with Crippen molar-refractivity contribution in [3.8, 4) is 11.5 Å². The fourth-order valence-corrected chi connectivity index (χ4v) is 5.55. The summed E-state index contributed by atoms with van der Waals surface area (Å²) in [6, 6.07) is 8.92. The molecule has 0 bridgehead atoms. The Balaban J connectivity index is 1.41. The van der Waals surface area contributed by atoms with Crippen molar-refractivity contribution in [3.05, 3.63) is 39.0 Å². The fraction of sp³-hybridized carbons (Fsp3) is 0.429. The molecule has 2 aromatic rings. The van der Waals surface area contributed by atoms with Gasteiger partial charge in [-0.2, -0.15) is 0 Å². The van der Waals surface area contributed by atoms with Crippen molar-refractivity contribution in [1.29, 1.82) is 0 Å². The van der Waals surface area contributed by atoms with E-state index in [1.807, 2.05) is 0 Å². The van der Waals surface area contributed by atoms with Gasteiger partial charge in [0.1, 0.15) is 0 Å². The van der Waals surface area contributed by atoms with Crippen LogP contribution in [-0.4, -0.2) is 68.1 Å². The molecule has 1 aromatic heterocycles. The molecule has 0 aliphatic carbocycles. The van der Waals surface area contributed by atoms with E-state index in [0.717, 1.165) is 36.5 Å². The van der Waals surface area contributed by atoms with Crippen LogP contribution in [0.1, 0.15) is 11.3 Å². The van der Waals surface area contributed by atoms with Crippen LogP contribution in [0.25, 0.3) is 0 Å². The fourth-order valence-electron chi connectivity index (χ4n) is 4.03. The first-order valence-corrected chi connectivity index (χ1v) is 11.4. The number of rotatable bonds is 6. The van der Waals surface area contributed by atoms with Crippen LogP contribution in [0.4, 0.5) is 5.69 Å². The average Bonchev–Trinajstić information content (AvgIpc) is 3.30. The van der Waals surface area contributed by atoms with Crippen LogP contribution in [0.2, 0.25) is 0 Å². The summed E-state index contributed by atoms with van der Waals surface area (Å²) >= 11 is 5.26. The Morgan fingerprint density at radius 1 is 1.03 bits per heavy atom. The number of carbonyl (C=O) groups excluding carboxylic acids is 2. The summed E-state index contributed by atoms with van der Waals surface area (Å²) in [4.78, 5) is 32.9. The molecule has 0 radical (unpaired) electrons. The largest absolute Gasteiger partial charge is 0.493 e. The van der Waals surface area contributed by atoms with E-state index >= 15 is 0 Å². The van der Waals surface area contributed by atoms with Gasteiger partial charge in [-0.05, 0) is 40.2 Å². The van der Waals surface area contributed by atoms with Gasteiger partial charge in [-0.25, -0.2) is 4.90 Å². The molecule has 0 spiro atoms. The molecule has 1 atom stereocenters. The zero-order valence-corrected chi connectivity index (χ0v) is 19.4. The van der Waals surface area contributed by atoms with Gasteiger partial charge in [-0.15, -0.1) is 11.3 Å². The summed E-state index contributed by atoms with van der Waals surface area (Å²) in [6.45, 7) is 4.22. The number of carbonyl (C=O) groups is 2. The average molecular weight is 494 g/mol. The molecule has 0 N–H and O–H groups in total. The zero-order valence-electron chi connectivity index (χ0n) is 17.0. The summed E-state index contributed by atoms with van der Waals surface area (Å²) in [7, 11) is 3.09. The number of anilines is 1. The second-order valence-corrected chi connectivity index (χ2v) is 9.89. The van der Waals surface area contributed by atoms with Crippen LogP contribution >= 0.6 is 27.3 Å². The number of amides is 2. The Bertz CT molecular complexity index is 942. The number of imide groups is 1. The van der Waals surface area contributed by atoms with Crippen molar-refractivity contribution in [2.45, 2.75) is 19.0 Å². The lowest BCUT2D eigenvalue weighted by molar-refractivity contribution is -0.123. The number of methoxy groups -OCH3 is 2. The third-order valence-electron chi connectivity index (χ3n) is 5.60. The Kier molecular flexibility index (Phi) is 6.43. The molecular weight excluding hydrogens is 470 g/mol. The van der Waals surface area contributed by atoms with Crippen molar-refractivity contribution in [2.24, 2.45) is 0 Å². The number of thiophene rings is 1. The van der Waals surface area contributed by atoms with Crippen LogP contribution in [0.15, 0.2) is 34.1 Å². The maximum Gasteiger partial charge on any atom is 0.251 e. The highest BCUT2D eigenvalue weighted by atomic mass is 79.9. The van der Waals surface area contributed by atoms with Crippen LogP contribution in [0.3, 0.4) is 0 Å². The molecular formula is C21H24BrN3O4S. The number of piperazine rings is 1. The molecule has 2 aliphatic rings. The Labute approximate surface area is 188 Å². The van der Waals surface area contributed by atoms with Crippen molar-refractivity contribution < 1.29 is 19.1 Å². The summed E-state index contributed by atoms with van der Waals surface area (Å²) in [5.74, 6) is 0.713. The van der Waals surface area contributed by atoms with Gasteiger partial charge < -0.3 is 9.47 Å². The minimum Gasteiger partial charge on any atom is -0.493 e. The standard InChI is InChI=1S/C21H24BrN3O4S/c1-28-17-5-3-14(11-18(17)29-2)25-20(26)12-16(21(25)27)24-9-7-23(8-10-24)13-15-4-6-19(22)30-15/h3-6,11,16H,7-10,12-13H2,1-2H3. The number of ether oxygens (including phenoxy) is 2. The monoisotopic (exact) mass is 493 g/mol. The maximum atomic E-state index is 13.1. The summed E-state index contributed by atoms with van der Waals surface area (Å²) in [6.07, 6.45) is 0.213. The van der Waals surface area contributed by atoms with E-state index in [4.69, 9.17) is 9.47 Å². The van der Waals surface area contributed by atoms with Gasteiger partial charge in [0.05, 0.1) is 36.2 Å². The lowest BCUT2D eigenvalue weighted by atomic mass is 10.1. The topological polar surface area (TPSA) is 62.3 Å². The first-order chi connectivity index (χ1) is 14.5. The Morgan fingerprint density at radius 2 is 1.77 bits per heavy atom. The normalized spacial score (nSPS) is 20.8. The van der Waals surface area contributed by atoms with E-state index in [1.54, 1.807) is 36.6 Å². The van der Waals surface area contributed by atoms with E-state index in [-0.39, 0.29) is 18.2 Å². The lowest BCUT2D eigenvalue weighted by Crippen LogP contribution is -2.52. The molecule has 3 heterocycles. The third-order valence-corrected chi connectivity index (χ3v) is 7.21. The molecule has 2 amide bonds. The maximum absolute atomic E-state index is 13.1. The van der Waals surface area contributed by atoms with Gasteiger partial charge in [0.2, 0.25) is 5.91 Å². The molecule has 9 heteroatoms. The highest BCUT2D eigenvalue weighted by Gasteiger charge is 2.43. The van der Waals surface area contributed by atoms with Crippen molar-refractivity contribution in [3.63, 3.8) is 0 Å². The zero-order chi connectivity index (χ0) is 21.3. The minimum atomic E-state index is -0.399. The highest BCUT2D eigenvalue weighted by molar-refractivity contribution is 9.11. The Hall–Kier alpha value is -1.94. The molecule has 4 rings (SSSR count). The van der Waals surface area contributed by atoms with Gasteiger partial charge >= 0.3 is 0 Å². The molecule has 30 heavy (non-hydrogen) atoms. The van der Waals surface area contributed by atoms with Crippen molar-refractivity contribution in [2.75, 3.05) is 45.3 Å². The molecule has 1 unspecified atom stereocenters. The molecule has 0 saturated carbocycles. The van der Waals surface area contributed by atoms with Crippen molar-refractivity contribution >= 4 is 44.8 Å². The predicted molar refractivity (Wildman–Crippen MR) is 119 cm³/mol. The van der Waals surface area contributed by atoms with Crippen LogP contribution < -0.4 is 14.4 Å². The second-order valence-electron chi connectivity index (χ2n) is 7.34. The van der Waals surface area contributed by atoms with Crippen LogP contribution in [0, 0.1) is 0 Å². The molecule has 2 saturated heterocycles. The van der Waals surface area contributed by atoms with E-state index < -0.39 is 6.04 Å². The summed E-state index contributed by atoms with van der Waals surface area (Å²) in [5, 5.41) is 0. The van der Waals surface area contributed by atoms with Crippen molar-refractivity contribution in [1.82, 2.24) is 9.80 Å². The number of hydrogen-bond donors (Lipinski definition) is 0. The van der Waals surface area contributed by atoms with Gasteiger partial charge in [-0.3, -0.25) is 19.4 Å². The van der Waals surface area contributed by atoms with Gasteiger partial charge in [0.15, 0.2) is 11.5 Å². The molecule has 1 aromatic carbocycles. The number of nitrogens with zero attached hydrogens (tertiary/aromatic N) is 3. The Morgan fingerprint density at radius 3 is 2.40 bits per heavy atom. The molecule has 2 fully saturated rings. The highest BCUT2D eigenvalue weighted by Crippen LogP contribution is 2.34. The van der Waals surface area contributed by atoms with E-state index in [1.165, 1.54) is 16.9 Å². The third kappa shape index (κ3) is 4.25. The van der Waals surface area contributed by atoms with E-state index in [9.17, 15) is 9.59 Å². The molecule has 2 aliphatic heterocycles. The van der Waals surface area contributed by atoms with Gasteiger partial charge in [0, 0.05) is 43.7 Å². The summed E-state index contributed by atoms with van der Waals surface area (Å²) < 4.78 is 11.7. The second kappa shape index (κ2) is 9.05. The quantitative estimate of drug-likeness (QED) is 0.576. The first kappa shape index (κ1) is 21.3. The lowest BCUT2D eigenvalue weighted by Gasteiger charge is -2.36. The SMILES string of the molecule is COc1ccc(N2C(=O)CC(N3CCN(Cc4ccc(Br)s4)CC3)C2=O)cc1OC. The smallest absolute Gasteiger partial charge is 0.251 e. The van der Waals surface area contributed by atoms with Crippen LogP contribution in [-0.2, 0) is 16.1 Å². The molecule has 7 nitrogen and oxygen atoms in total. The van der Waals surface area contributed by atoms with Gasteiger partial charge in [-0.1, -0.05) is 0 Å². The number of hydrogen-bond acceptors (Lipinski definition) is 7. The van der Waals surface area contributed by atoms with E-state index in [2.05, 4.69) is 37.9 Å². The number of benzene rings is 1. The predicted octanol–water partition coefficient (Wildman–Crippen LogP) is 2.98. The minimum absolute atomic E-state index is 0.164. The van der Waals surface area contributed by atoms with E-state index in [0.29, 0.717) is 17.2 Å². The first-order valence-electron chi connectivity index (χ1n) is 9.79. The van der Waals surface area contributed by atoms with Gasteiger partial charge in [0.25, 0.3) is 5.91 Å². The molecule has 160 valence electrons. The number of halogens is 1. The summed E-state index contributed by atoms with van der Waals surface area (Å²) in [5.41, 5.74) is 0.520. The van der Waals surface area contributed by atoms with Crippen LogP contribution in [0.5, 0.6) is 11.5 Å².